The number of anilines is 1. The van der Waals surface area contributed by atoms with Gasteiger partial charge in [0.2, 0.25) is 10.0 Å². The van der Waals surface area contributed by atoms with E-state index in [1.807, 2.05) is 65.2 Å². The number of nitrogens with one attached hydrogen (secondary N) is 1. The summed E-state index contributed by atoms with van der Waals surface area (Å²) in [6.45, 7) is 2.74. The summed E-state index contributed by atoms with van der Waals surface area (Å²) >= 11 is 0. The molecular formula is C22H26N4O3S. The molecule has 30 heavy (non-hydrogen) atoms. The summed E-state index contributed by atoms with van der Waals surface area (Å²) < 4.78 is 27.0. The predicted octanol–water partition coefficient (Wildman–Crippen LogP) is 1.99. The largest absolute Gasteiger partial charge is 0.355 e. The van der Waals surface area contributed by atoms with Gasteiger partial charge in [0.15, 0.2) is 0 Å². The van der Waals surface area contributed by atoms with Crippen molar-refractivity contribution in [3.8, 4) is 0 Å². The Labute approximate surface area is 177 Å². The fraction of sp³-hybridized carbons (Fsp3) is 0.318. The highest BCUT2D eigenvalue weighted by molar-refractivity contribution is 7.88. The molecule has 0 aliphatic carbocycles. The second-order valence-corrected chi connectivity index (χ2v) is 9.53. The minimum absolute atomic E-state index is 0.102. The van der Waals surface area contributed by atoms with E-state index in [2.05, 4.69) is 10.2 Å². The van der Waals surface area contributed by atoms with Crippen LogP contribution in [0.3, 0.4) is 0 Å². The zero-order chi connectivity index (χ0) is 21.1. The van der Waals surface area contributed by atoms with Gasteiger partial charge in [0.05, 0.1) is 11.8 Å². The average molecular weight is 427 g/mol. The molecule has 3 aromatic rings. The highest BCUT2D eigenvalue weighted by atomic mass is 32.2. The van der Waals surface area contributed by atoms with E-state index in [1.165, 1.54) is 16.1 Å². The molecule has 0 atom stereocenters. The Balaban J connectivity index is 1.44. The van der Waals surface area contributed by atoms with Gasteiger partial charge in [-0.05, 0) is 36.2 Å². The Bertz CT molecular complexity index is 1130. The highest BCUT2D eigenvalue weighted by Crippen LogP contribution is 2.22. The van der Waals surface area contributed by atoms with Crippen LogP contribution in [0.4, 0.5) is 5.82 Å². The smallest absolute Gasteiger partial charge is 0.252 e. The molecule has 0 saturated carbocycles. The molecule has 1 saturated heterocycles. The minimum atomic E-state index is -3.16. The molecule has 158 valence electrons. The number of aromatic nitrogens is 1. The first kappa shape index (κ1) is 20.4. The van der Waals surface area contributed by atoms with Crippen molar-refractivity contribution >= 4 is 27.3 Å². The normalized spacial score (nSPS) is 15.4. The van der Waals surface area contributed by atoms with E-state index in [-0.39, 0.29) is 5.91 Å². The van der Waals surface area contributed by atoms with Crippen LogP contribution in [0.15, 0.2) is 60.8 Å². The van der Waals surface area contributed by atoms with E-state index in [0.717, 1.165) is 17.8 Å². The zero-order valence-corrected chi connectivity index (χ0v) is 17.8. The molecule has 1 aromatic carbocycles. The molecule has 1 amide bonds. The molecule has 3 heterocycles. The molecule has 0 radical (unpaired) electrons. The number of carbonyl (C=O) groups is 1. The monoisotopic (exact) mass is 426 g/mol. The lowest BCUT2D eigenvalue weighted by molar-refractivity contribution is 0.0953. The van der Waals surface area contributed by atoms with Gasteiger partial charge in [-0.15, -0.1) is 0 Å². The molecule has 0 spiro atoms. The van der Waals surface area contributed by atoms with Crippen LogP contribution in [-0.4, -0.2) is 62.0 Å². The maximum atomic E-state index is 12.6. The van der Waals surface area contributed by atoms with E-state index in [9.17, 15) is 13.2 Å². The van der Waals surface area contributed by atoms with Crippen LogP contribution >= 0.6 is 0 Å². The summed E-state index contributed by atoms with van der Waals surface area (Å²) in [4.78, 5) is 14.8. The third-order valence-electron chi connectivity index (χ3n) is 5.47. The summed E-state index contributed by atoms with van der Waals surface area (Å²) in [5.41, 5.74) is 2.79. The predicted molar refractivity (Wildman–Crippen MR) is 119 cm³/mol. The lowest BCUT2D eigenvalue weighted by Gasteiger charge is -2.34. The number of fused-ring (bicyclic) bond motifs is 1. The first-order valence-corrected chi connectivity index (χ1v) is 11.9. The molecule has 0 unspecified atom stereocenters. The molecule has 1 aliphatic rings. The molecular weight excluding hydrogens is 400 g/mol. The summed E-state index contributed by atoms with van der Waals surface area (Å²) in [6.07, 6.45) is 3.89. The molecule has 0 bridgehead atoms. The van der Waals surface area contributed by atoms with Crippen molar-refractivity contribution in [3.05, 3.63) is 71.9 Å². The fourth-order valence-electron chi connectivity index (χ4n) is 3.79. The van der Waals surface area contributed by atoms with Crippen LogP contribution in [0, 0.1) is 0 Å². The quantitative estimate of drug-likeness (QED) is 0.654. The standard InChI is InChI=1S/C22H26N4O3S/c1-30(28,29)25-15-13-24(14-16-25)21-10-9-20-8-7-19(17-26(20)21)22(27)23-12-11-18-5-3-2-4-6-18/h2-10,17H,11-16H2,1H3,(H,23,27). The van der Waals surface area contributed by atoms with E-state index in [4.69, 9.17) is 0 Å². The zero-order valence-electron chi connectivity index (χ0n) is 17.0. The first-order valence-electron chi connectivity index (χ1n) is 10.1. The van der Waals surface area contributed by atoms with Crippen molar-refractivity contribution in [2.75, 3.05) is 43.9 Å². The van der Waals surface area contributed by atoms with Crippen molar-refractivity contribution in [1.82, 2.24) is 14.0 Å². The summed E-state index contributed by atoms with van der Waals surface area (Å²) in [7, 11) is -3.16. The number of amides is 1. The van der Waals surface area contributed by atoms with E-state index in [1.54, 1.807) is 0 Å². The number of benzene rings is 1. The van der Waals surface area contributed by atoms with Crippen LogP contribution in [-0.2, 0) is 16.4 Å². The summed E-state index contributed by atoms with van der Waals surface area (Å²) in [5, 5.41) is 2.99. The summed E-state index contributed by atoms with van der Waals surface area (Å²) in [5.74, 6) is 0.867. The number of nitrogens with zero attached hydrogens (tertiary/aromatic N) is 3. The number of hydrogen-bond donors (Lipinski definition) is 1. The van der Waals surface area contributed by atoms with Crippen LogP contribution < -0.4 is 10.2 Å². The number of pyridine rings is 1. The van der Waals surface area contributed by atoms with Crippen LogP contribution in [0.1, 0.15) is 15.9 Å². The van der Waals surface area contributed by atoms with Crippen molar-refractivity contribution in [1.29, 1.82) is 0 Å². The maximum Gasteiger partial charge on any atom is 0.252 e. The van der Waals surface area contributed by atoms with Gasteiger partial charge in [-0.2, -0.15) is 4.31 Å². The molecule has 1 N–H and O–H groups in total. The Hall–Kier alpha value is -2.84. The van der Waals surface area contributed by atoms with E-state index >= 15 is 0 Å². The number of hydrogen-bond acceptors (Lipinski definition) is 4. The van der Waals surface area contributed by atoms with Gasteiger partial charge < -0.3 is 14.6 Å². The van der Waals surface area contributed by atoms with Crippen molar-refractivity contribution < 1.29 is 13.2 Å². The van der Waals surface area contributed by atoms with Gasteiger partial charge in [0.1, 0.15) is 5.82 Å². The SMILES string of the molecule is CS(=O)(=O)N1CCN(c2ccc3ccc(C(=O)NCCc4ccccc4)cn23)CC1. The number of carbonyl (C=O) groups excluding carboxylic acids is 1. The number of sulfonamides is 1. The highest BCUT2D eigenvalue weighted by Gasteiger charge is 2.24. The minimum Gasteiger partial charge on any atom is -0.355 e. The van der Waals surface area contributed by atoms with Crippen LogP contribution in [0.5, 0.6) is 0 Å². The van der Waals surface area contributed by atoms with Gasteiger partial charge in [0.25, 0.3) is 5.91 Å². The Kier molecular flexibility index (Phi) is 5.78. The van der Waals surface area contributed by atoms with Crippen LogP contribution in [0.25, 0.3) is 5.52 Å². The average Bonchev–Trinajstić information content (AvgIpc) is 3.17. The Morgan fingerprint density at radius 3 is 2.37 bits per heavy atom. The van der Waals surface area contributed by atoms with Crippen molar-refractivity contribution in [2.24, 2.45) is 0 Å². The fourth-order valence-corrected chi connectivity index (χ4v) is 4.62. The first-order chi connectivity index (χ1) is 14.4. The van der Waals surface area contributed by atoms with E-state index in [0.29, 0.717) is 38.3 Å². The maximum absolute atomic E-state index is 12.6. The Morgan fingerprint density at radius 1 is 0.967 bits per heavy atom. The lowest BCUT2D eigenvalue weighted by Crippen LogP contribution is -2.48. The number of piperazine rings is 1. The van der Waals surface area contributed by atoms with Crippen molar-refractivity contribution in [2.45, 2.75) is 6.42 Å². The molecule has 2 aromatic heterocycles. The molecule has 8 heteroatoms. The van der Waals surface area contributed by atoms with Gasteiger partial charge in [-0.25, -0.2) is 8.42 Å². The third kappa shape index (κ3) is 4.49. The molecule has 1 fully saturated rings. The van der Waals surface area contributed by atoms with Crippen LogP contribution in [0.2, 0.25) is 0 Å². The van der Waals surface area contributed by atoms with Crippen molar-refractivity contribution in [3.63, 3.8) is 0 Å². The summed E-state index contributed by atoms with van der Waals surface area (Å²) in [6, 6.07) is 17.9. The van der Waals surface area contributed by atoms with Gasteiger partial charge >= 0.3 is 0 Å². The topological polar surface area (TPSA) is 74.1 Å². The molecule has 7 nitrogen and oxygen atoms in total. The second kappa shape index (κ2) is 8.49. The molecule has 1 aliphatic heterocycles. The molecule has 4 rings (SSSR count). The van der Waals surface area contributed by atoms with Gasteiger partial charge in [-0.1, -0.05) is 30.3 Å². The van der Waals surface area contributed by atoms with Gasteiger partial charge in [0, 0.05) is 44.4 Å². The van der Waals surface area contributed by atoms with E-state index < -0.39 is 10.0 Å². The lowest BCUT2D eigenvalue weighted by atomic mass is 10.1. The number of rotatable bonds is 6. The second-order valence-electron chi connectivity index (χ2n) is 7.54. The Morgan fingerprint density at radius 2 is 1.67 bits per heavy atom. The van der Waals surface area contributed by atoms with Gasteiger partial charge in [-0.3, -0.25) is 4.79 Å². The third-order valence-corrected chi connectivity index (χ3v) is 6.77.